The Kier molecular flexibility index (Phi) is 4.04. The number of carbonyl (C=O) groups is 1. The molecule has 0 aromatic rings. The van der Waals surface area contributed by atoms with E-state index in [0.29, 0.717) is 12.0 Å². The van der Waals surface area contributed by atoms with Crippen LogP contribution in [0.1, 0.15) is 39.0 Å². The molecule has 0 aromatic carbocycles. The zero-order valence-corrected chi connectivity index (χ0v) is 13.9. The van der Waals surface area contributed by atoms with Crippen molar-refractivity contribution in [3.8, 4) is 0 Å². The van der Waals surface area contributed by atoms with Gasteiger partial charge in [0, 0.05) is 42.0 Å². The molecule has 0 unspecified atom stereocenters. The van der Waals surface area contributed by atoms with Gasteiger partial charge in [-0.2, -0.15) is 26.3 Å². The molecule has 0 aromatic heterocycles. The molecule has 3 atom stereocenters. The van der Waals surface area contributed by atoms with Gasteiger partial charge in [0.2, 0.25) is 5.91 Å². The van der Waals surface area contributed by atoms with Crippen molar-refractivity contribution in [1.29, 1.82) is 0 Å². The van der Waals surface area contributed by atoms with Crippen molar-refractivity contribution in [2.45, 2.75) is 57.4 Å². The number of carbonyl (C=O) groups excluding carboxylic acids is 1. The maximum Gasteiger partial charge on any atom is 0.413 e. The van der Waals surface area contributed by atoms with Crippen LogP contribution in [0.5, 0.6) is 0 Å². The van der Waals surface area contributed by atoms with Crippen molar-refractivity contribution in [3.63, 3.8) is 0 Å². The molecule has 0 spiro atoms. The van der Waals surface area contributed by atoms with Gasteiger partial charge in [-0.05, 0) is 25.7 Å². The number of allylic oxidation sites excluding steroid dienone is 3. The molecule has 1 amide bonds. The van der Waals surface area contributed by atoms with Crippen LogP contribution in [0.4, 0.5) is 26.3 Å². The summed E-state index contributed by atoms with van der Waals surface area (Å²) in [7, 11) is 1.62. The highest BCUT2D eigenvalue weighted by molar-refractivity contribution is 5.77. The van der Waals surface area contributed by atoms with E-state index in [9.17, 15) is 31.1 Å². The smallest absolute Gasteiger partial charge is 0.342 e. The summed E-state index contributed by atoms with van der Waals surface area (Å²) < 4.78 is 80.1. The molecule has 1 aliphatic heterocycles. The quantitative estimate of drug-likeness (QED) is 0.446. The second-order valence-corrected chi connectivity index (χ2v) is 7.32. The van der Waals surface area contributed by atoms with E-state index in [4.69, 9.17) is 0 Å². The third kappa shape index (κ3) is 2.77. The molecule has 8 heteroatoms. The monoisotopic (exact) mass is 367 g/mol. The first-order chi connectivity index (χ1) is 11.4. The third-order valence-electron chi connectivity index (χ3n) is 6.07. The Morgan fingerprint density at radius 2 is 1.76 bits per heavy atom. The van der Waals surface area contributed by atoms with E-state index < -0.39 is 41.3 Å². The lowest BCUT2D eigenvalue weighted by atomic mass is 9.56. The zero-order valence-electron chi connectivity index (χ0n) is 13.9. The summed E-state index contributed by atoms with van der Waals surface area (Å²) >= 11 is 0. The van der Waals surface area contributed by atoms with Gasteiger partial charge in [-0.15, -0.1) is 0 Å². The normalized spacial score (nSPS) is 33.8. The molecule has 2 aliphatic carbocycles. The van der Waals surface area contributed by atoms with E-state index in [2.05, 4.69) is 0 Å². The number of hydrogen-bond donors (Lipinski definition) is 0. The van der Waals surface area contributed by atoms with Crippen molar-refractivity contribution in [2.75, 3.05) is 7.05 Å². The standard InChI is InChI=1S/C17H19F6NO/c1-15-8-7-13(25)24(2)12(15)6-3-9-10(15)4-5-11(16(18,19)20)14(9)17(21,22)23/h4,9,12H,3,5-8H2,1-2H3/t9-,12-,15-/m1/s1. The zero-order chi connectivity index (χ0) is 18.8. The topological polar surface area (TPSA) is 20.3 Å². The average molecular weight is 367 g/mol. The van der Waals surface area contributed by atoms with E-state index in [1.165, 1.54) is 6.08 Å². The maximum atomic E-state index is 13.5. The van der Waals surface area contributed by atoms with E-state index in [1.54, 1.807) is 18.9 Å². The second kappa shape index (κ2) is 5.51. The number of hydrogen-bond acceptors (Lipinski definition) is 1. The average Bonchev–Trinajstić information content (AvgIpc) is 2.48. The predicted octanol–water partition coefficient (Wildman–Crippen LogP) is 4.77. The van der Waals surface area contributed by atoms with E-state index in [0.717, 1.165) is 0 Å². The van der Waals surface area contributed by atoms with Crippen molar-refractivity contribution >= 4 is 5.91 Å². The number of nitrogens with zero attached hydrogens (tertiary/aromatic N) is 1. The molecule has 3 rings (SSSR count). The molecule has 0 bridgehead atoms. The van der Waals surface area contributed by atoms with Gasteiger partial charge in [-0.1, -0.05) is 18.6 Å². The molecule has 0 radical (unpaired) electrons. The van der Waals surface area contributed by atoms with Gasteiger partial charge in [0.25, 0.3) is 0 Å². The Bertz CT molecular complexity index is 659. The SMILES string of the molecule is CN1C(=O)CC[C@]2(C)C3=CCC(C(F)(F)F)=C(C(F)(F)F)[C@@H]3CC[C@@H]12. The summed E-state index contributed by atoms with van der Waals surface area (Å²) in [5, 5.41) is 0. The largest absolute Gasteiger partial charge is 0.413 e. The fraction of sp³-hybridized carbons (Fsp3) is 0.706. The molecule has 3 aliphatic rings. The Hall–Kier alpha value is -1.47. The van der Waals surface area contributed by atoms with Crippen LogP contribution in [0.2, 0.25) is 0 Å². The minimum absolute atomic E-state index is 0.0296. The first kappa shape index (κ1) is 18.3. The molecule has 25 heavy (non-hydrogen) atoms. The Morgan fingerprint density at radius 3 is 2.32 bits per heavy atom. The van der Waals surface area contributed by atoms with Crippen LogP contribution in [0.15, 0.2) is 22.8 Å². The van der Waals surface area contributed by atoms with Crippen LogP contribution in [0.3, 0.4) is 0 Å². The Labute approximate surface area is 141 Å². The number of piperidine rings is 1. The molecule has 1 saturated heterocycles. The van der Waals surface area contributed by atoms with Gasteiger partial charge in [0.1, 0.15) is 0 Å². The predicted molar refractivity (Wildman–Crippen MR) is 78.5 cm³/mol. The van der Waals surface area contributed by atoms with E-state index >= 15 is 0 Å². The summed E-state index contributed by atoms with van der Waals surface area (Å²) in [5.74, 6) is -1.34. The highest BCUT2D eigenvalue weighted by Gasteiger charge is 2.57. The molecular weight excluding hydrogens is 348 g/mol. The van der Waals surface area contributed by atoms with Crippen LogP contribution in [0, 0.1) is 11.3 Å². The van der Waals surface area contributed by atoms with Gasteiger partial charge in [-0.3, -0.25) is 4.79 Å². The maximum absolute atomic E-state index is 13.5. The van der Waals surface area contributed by atoms with Crippen molar-refractivity contribution in [2.24, 2.45) is 11.3 Å². The van der Waals surface area contributed by atoms with Gasteiger partial charge in [0.05, 0.1) is 0 Å². The Balaban J connectivity index is 2.07. The summed E-state index contributed by atoms with van der Waals surface area (Å²) in [6, 6.07) is -0.266. The number of likely N-dealkylation sites (tertiary alicyclic amines) is 1. The Morgan fingerprint density at radius 1 is 1.12 bits per heavy atom. The lowest BCUT2D eigenvalue weighted by molar-refractivity contribution is -0.142. The number of rotatable bonds is 0. The highest BCUT2D eigenvalue weighted by Crippen LogP contribution is 2.58. The minimum atomic E-state index is -5.02. The number of alkyl halides is 6. The third-order valence-corrected chi connectivity index (χ3v) is 6.07. The number of halogens is 6. The van der Waals surface area contributed by atoms with Gasteiger partial charge >= 0.3 is 12.4 Å². The molecular formula is C17H19F6NO. The van der Waals surface area contributed by atoms with Gasteiger partial charge in [0.15, 0.2) is 0 Å². The lowest BCUT2D eigenvalue weighted by Gasteiger charge is -2.54. The number of amides is 1. The van der Waals surface area contributed by atoms with Crippen molar-refractivity contribution < 1.29 is 31.1 Å². The molecule has 0 N–H and O–H groups in total. The second-order valence-electron chi connectivity index (χ2n) is 7.32. The van der Waals surface area contributed by atoms with Gasteiger partial charge in [-0.25, -0.2) is 0 Å². The van der Waals surface area contributed by atoms with Crippen molar-refractivity contribution in [3.05, 3.63) is 22.8 Å². The summed E-state index contributed by atoms with van der Waals surface area (Å²) in [6.45, 7) is 1.78. The van der Waals surface area contributed by atoms with Crippen molar-refractivity contribution in [1.82, 2.24) is 4.90 Å². The number of fused-ring (bicyclic) bond motifs is 3. The van der Waals surface area contributed by atoms with E-state index in [-0.39, 0.29) is 31.2 Å². The molecule has 2 fully saturated rings. The summed E-state index contributed by atoms with van der Waals surface area (Å²) in [4.78, 5) is 13.5. The van der Waals surface area contributed by atoms with Crippen LogP contribution < -0.4 is 0 Å². The van der Waals surface area contributed by atoms with E-state index in [1.807, 2.05) is 0 Å². The minimum Gasteiger partial charge on any atom is -0.342 e. The van der Waals surface area contributed by atoms with Crippen LogP contribution in [0.25, 0.3) is 0 Å². The van der Waals surface area contributed by atoms with Gasteiger partial charge < -0.3 is 4.90 Å². The molecule has 2 nitrogen and oxygen atoms in total. The molecule has 140 valence electrons. The summed E-state index contributed by atoms with van der Waals surface area (Å²) in [5.41, 5.74) is -3.20. The van der Waals surface area contributed by atoms with Crippen LogP contribution in [-0.4, -0.2) is 36.2 Å². The summed E-state index contributed by atoms with van der Waals surface area (Å²) in [6.07, 6.45) is -8.63. The first-order valence-electron chi connectivity index (χ1n) is 8.21. The first-order valence-corrected chi connectivity index (χ1v) is 8.21. The fourth-order valence-corrected chi connectivity index (χ4v) is 4.88. The van der Waals surface area contributed by atoms with Crippen LogP contribution >= 0.6 is 0 Å². The molecule has 1 saturated carbocycles. The molecule has 1 heterocycles. The fourth-order valence-electron chi connectivity index (χ4n) is 4.88. The van der Waals surface area contributed by atoms with Crippen LogP contribution in [-0.2, 0) is 4.79 Å². The highest BCUT2D eigenvalue weighted by atomic mass is 19.4. The lowest BCUT2D eigenvalue weighted by Crippen LogP contribution is -2.56.